The van der Waals surface area contributed by atoms with E-state index in [0.717, 1.165) is 11.1 Å². The van der Waals surface area contributed by atoms with Crippen molar-refractivity contribution in [1.82, 2.24) is 10.2 Å². The maximum absolute atomic E-state index is 12.2. The lowest BCUT2D eigenvalue weighted by molar-refractivity contribution is -0.140. The second-order valence-electron chi connectivity index (χ2n) is 6.19. The Hall–Kier alpha value is -3.10. The van der Waals surface area contributed by atoms with Crippen LogP contribution in [0.3, 0.4) is 0 Å². The summed E-state index contributed by atoms with van der Waals surface area (Å²) in [5.74, 6) is 4.46. The number of benzene rings is 1. The van der Waals surface area contributed by atoms with Crippen LogP contribution in [0.5, 0.6) is 0 Å². The monoisotopic (exact) mass is 376 g/mol. The van der Waals surface area contributed by atoms with Crippen LogP contribution >= 0.6 is 0 Å². The molecule has 1 saturated heterocycles. The molecule has 0 unspecified atom stereocenters. The average Bonchev–Trinajstić information content (AvgIpc) is 2.65. The van der Waals surface area contributed by atoms with Crippen LogP contribution in [0.15, 0.2) is 29.4 Å². The van der Waals surface area contributed by atoms with Crippen LogP contribution in [0.4, 0.5) is 4.79 Å². The van der Waals surface area contributed by atoms with Crippen molar-refractivity contribution in [2.24, 2.45) is 10.9 Å². The zero-order valence-corrected chi connectivity index (χ0v) is 15.4. The van der Waals surface area contributed by atoms with Crippen molar-refractivity contribution in [3.63, 3.8) is 0 Å². The van der Waals surface area contributed by atoms with E-state index in [9.17, 15) is 14.4 Å². The molecular formula is C18H24N4O5. The lowest BCUT2D eigenvalue weighted by atomic mass is 9.96. The number of esters is 1. The molecule has 0 aliphatic carbocycles. The predicted octanol–water partition coefficient (Wildman–Crippen LogP) is 0.930. The van der Waals surface area contributed by atoms with E-state index in [1.807, 2.05) is 24.3 Å². The van der Waals surface area contributed by atoms with Gasteiger partial charge in [-0.05, 0) is 11.1 Å². The molecule has 2 amide bonds. The molecule has 2 atom stereocenters. The molecule has 1 aromatic carbocycles. The molecule has 0 bridgehead atoms. The quantitative estimate of drug-likeness (QED) is 0.316. The summed E-state index contributed by atoms with van der Waals surface area (Å²) >= 11 is 0. The Bertz CT molecular complexity index is 704. The van der Waals surface area contributed by atoms with Gasteiger partial charge in [0.05, 0.1) is 32.2 Å². The Kier molecular flexibility index (Phi) is 7.16. The van der Waals surface area contributed by atoms with Crippen molar-refractivity contribution < 1.29 is 23.9 Å². The highest BCUT2D eigenvalue weighted by Gasteiger charge is 2.34. The van der Waals surface area contributed by atoms with Gasteiger partial charge >= 0.3 is 12.1 Å². The van der Waals surface area contributed by atoms with Crippen molar-refractivity contribution in [2.45, 2.75) is 31.4 Å². The third-order valence-electron chi connectivity index (χ3n) is 4.35. The van der Waals surface area contributed by atoms with Gasteiger partial charge in [0.25, 0.3) is 0 Å². The number of hydrazone groups is 1. The Labute approximate surface area is 157 Å². The molecule has 9 nitrogen and oxygen atoms in total. The second kappa shape index (κ2) is 9.56. The minimum Gasteiger partial charge on any atom is -0.469 e. The number of hydrogen-bond acceptors (Lipinski definition) is 7. The highest BCUT2D eigenvalue weighted by molar-refractivity contribution is 5.79. The molecule has 0 aromatic heterocycles. The summed E-state index contributed by atoms with van der Waals surface area (Å²) in [5.41, 5.74) is 1.78. The summed E-state index contributed by atoms with van der Waals surface area (Å²) in [5, 5.41) is 6.10. The summed E-state index contributed by atoms with van der Waals surface area (Å²) < 4.78 is 9.84. The number of nitrogens with two attached hydrogens (primary N) is 1. The first-order valence-electron chi connectivity index (χ1n) is 8.54. The van der Waals surface area contributed by atoms with Crippen LogP contribution in [0.25, 0.3) is 0 Å². The topological polar surface area (TPSA) is 123 Å². The number of cyclic esters (lactones) is 1. The summed E-state index contributed by atoms with van der Waals surface area (Å²) in [7, 11) is 2.95. The van der Waals surface area contributed by atoms with E-state index in [1.165, 1.54) is 18.2 Å². The fourth-order valence-electron chi connectivity index (χ4n) is 2.87. The van der Waals surface area contributed by atoms with E-state index in [4.69, 9.17) is 10.6 Å². The first-order chi connectivity index (χ1) is 12.9. The number of rotatable bonds is 7. The van der Waals surface area contributed by atoms with Gasteiger partial charge in [0, 0.05) is 20.0 Å². The number of hydrogen-bond donors (Lipinski definition) is 2. The number of nitrogens with one attached hydrogen (secondary N) is 1. The third-order valence-corrected chi connectivity index (χ3v) is 4.35. The smallest absolute Gasteiger partial charge is 0.410 e. The SMILES string of the molecule is COC(=O)CCNC(=O)C[C@H]1C[C@@H](c2ccc(C=NN)cc2)N(C)C(=O)O1. The molecule has 27 heavy (non-hydrogen) atoms. The molecule has 146 valence electrons. The van der Waals surface area contributed by atoms with Gasteiger partial charge in [-0.25, -0.2) is 4.79 Å². The van der Waals surface area contributed by atoms with E-state index in [-0.39, 0.29) is 31.3 Å². The van der Waals surface area contributed by atoms with Crippen molar-refractivity contribution >= 4 is 24.2 Å². The third kappa shape index (κ3) is 5.70. The normalized spacial score (nSPS) is 19.6. The molecule has 2 rings (SSSR count). The van der Waals surface area contributed by atoms with E-state index in [2.05, 4.69) is 15.2 Å². The van der Waals surface area contributed by atoms with Crippen molar-refractivity contribution in [3.8, 4) is 0 Å². The summed E-state index contributed by atoms with van der Waals surface area (Å²) in [6.07, 6.45) is 1.13. The van der Waals surface area contributed by atoms with E-state index < -0.39 is 18.2 Å². The number of amides is 2. The minimum absolute atomic E-state index is 0.0369. The molecule has 1 aliphatic heterocycles. The zero-order chi connectivity index (χ0) is 19.8. The van der Waals surface area contributed by atoms with Gasteiger partial charge in [-0.15, -0.1) is 0 Å². The van der Waals surface area contributed by atoms with Gasteiger partial charge in [-0.1, -0.05) is 24.3 Å². The van der Waals surface area contributed by atoms with Crippen LogP contribution in [0, 0.1) is 0 Å². The lowest BCUT2D eigenvalue weighted by Crippen LogP contribution is -2.43. The first-order valence-corrected chi connectivity index (χ1v) is 8.54. The largest absolute Gasteiger partial charge is 0.469 e. The van der Waals surface area contributed by atoms with Gasteiger partial charge in [0.2, 0.25) is 5.91 Å². The molecule has 1 heterocycles. The fourth-order valence-corrected chi connectivity index (χ4v) is 2.87. The Morgan fingerprint density at radius 3 is 2.74 bits per heavy atom. The number of ether oxygens (including phenoxy) is 2. The maximum atomic E-state index is 12.2. The minimum atomic E-state index is -0.540. The Morgan fingerprint density at radius 1 is 1.41 bits per heavy atom. The fraction of sp³-hybridized carbons (Fsp3) is 0.444. The molecule has 1 aromatic rings. The maximum Gasteiger partial charge on any atom is 0.410 e. The number of carbonyl (C=O) groups is 3. The van der Waals surface area contributed by atoms with Gasteiger partial charge in [-0.2, -0.15) is 5.10 Å². The highest BCUT2D eigenvalue weighted by Crippen LogP contribution is 2.31. The van der Waals surface area contributed by atoms with Crippen LogP contribution in [-0.4, -0.2) is 55.9 Å². The number of methoxy groups -OCH3 is 1. The van der Waals surface area contributed by atoms with E-state index in [1.54, 1.807) is 7.05 Å². The molecule has 0 spiro atoms. The highest BCUT2D eigenvalue weighted by atomic mass is 16.6. The van der Waals surface area contributed by atoms with E-state index >= 15 is 0 Å². The first kappa shape index (κ1) is 20.2. The van der Waals surface area contributed by atoms with Gasteiger partial charge < -0.3 is 25.5 Å². The summed E-state index contributed by atoms with van der Waals surface area (Å²) in [6.45, 7) is 0.180. The molecule has 0 radical (unpaired) electrons. The molecular weight excluding hydrogens is 352 g/mol. The molecule has 1 aliphatic rings. The summed E-state index contributed by atoms with van der Waals surface area (Å²) in [4.78, 5) is 36.8. The standard InChI is InChI=1S/C18H24N4O5/c1-22-15(13-5-3-12(4-6-13)11-21-19)9-14(27-18(22)25)10-16(23)20-8-7-17(24)26-2/h3-6,11,14-15H,7-10,19H2,1-2H3,(H,20,23)/t14-,15+/m1/s1. The molecule has 1 fully saturated rings. The molecule has 9 heteroatoms. The van der Waals surface area contributed by atoms with Gasteiger partial charge in [-0.3, -0.25) is 9.59 Å². The Morgan fingerprint density at radius 2 is 2.11 bits per heavy atom. The zero-order valence-electron chi connectivity index (χ0n) is 15.4. The van der Waals surface area contributed by atoms with Crippen LogP contribution < -0.4 is 11.2 Å². The van der Waals surface area contributed by atoms with Crippen molar-refractivity contribution in [1.29, 1.82) is 0 Å². The Balaban J connectivity index is 1.96. The lowest BCUT2D eigenvalue weighted by Gasteiger charge is -2.36. The number of carbonyl (C=O) groups excluding carboxylic acids is 3. The number of nitrogens with zero attached hydrogens (tertiary/aromatic N) is 2. The van der Waals surface area contributed by atoms with Crippen molar-refractivity contribution in [2.75, 3.05) is 20.7 Å². The summed E-state index contributed by atoms with van der Waals surface area (Å²) in [6, 6.07) is 7.29. The van der Waals surface area contributed by atoms with Crippen molar-refractivity contribution in [3.05, 3.63) is 35.4 Å². The average molecular weight is 376 g/mol. The van der Waals surface area contributed by atoms with E-state index in [0.29, 0.717) is 6.42 Å². The van der Waals surface area contributed by atoms with Gasteiger partial charge in [0.15, 0.2) is 0 Å². The molecule has 0 saturated carbocycles. The van der Waals surface area contributed by atoms with Crippen LogP contribution in [0.1, 0.15) is 36.4 Å². The van der Waals surface area contributed by atoms with Crippen LogP contribution in [0.2, 0.25) is 0 Å². The molecule has 3 N–H and O–H groups in total. The van der Waals surface area contributed by atoms with Crippen LogP contribution in [-0.2, 0) is 19.1 Å². The predicted molar refractivity (Wildman–Crippen MR) is 97.9 cm³/mol. The van der Waals surface area contributed by atoms with Gasteiger partial charge in [0.1, 0.15) is 6.10 Å². The second-order valence-corrected chi connectivity index (χ2v) is 6.19.